The fourth-order valence-electron chi connectivity index (χ4n) is 4.70. The molecule has 2 aromatic carbocycles. The van der Waals surface area contributed by atoms with Gasteiger partial charge in [0.2, 0.25) is 0 Å². The molecule has 0 spiro atoms. The van der Waals surface area contributed by atoms with Crippen LogP contribution in [-0.2, 0) is 4.74 Å². The van der Waals surface area contributed by atoms with Gasteiger partial charge in [-0.25, -0.2) is 5.43 Å². The number of piperazine rings is 1. The Labute approximate surface area is 201 Å². The van der Waals surface area contributed by atoms with Gasteiger partial charge >= 0.3 is 0 Å². The lowest BCUT2D eigenvalue weighted by molar-refractivity contribution is 0.0274. The molecular weight excluding hydrogens is 436 g/mol. The molecule has 0 aromatic heterocycles. The summed E-state index contributed by atoms with van der Waals surface area (Å²) >= 11 is 6.15. The number of hydrogen-bond acceptors (Lipinski definition) is 6. The Morgan fingerprint density at radius 2 is 1.73 bits per heavy atom. The lowest BCUT2D eigenvalue weighted by Gasteiger charge is -2.40. The Kier molecular flexibility index (Phi) is 9.16. The quantitative estimate of drug-likeness (QED) is 0.313. The van der Waals surface area contributed by atoms with Crippen molar-refractivity contribution in [2.24, 2.45) is 0 Å². The Morgan fingerprint density at radius 3 is 2.45 bits per heavy atom. The Bertz CT molecular complexity index is 907. The van der Waals surface area contributed by atoms with Crippen LogP contribution in [0.4, 0.5) is 0 Å². The van der Waals surface area contributed by atoms with Crippen molar-refractivity contribution in [1.82, 2.24) is 20.8 Å². The number of benzene rings is 2. The molecular formula is C26H33ClN4O2. The maximum Gasteiger partial charge on any atom is 0.118 e. The van der Waals surface area contributed by atoms with E-state index in [0.717, 1.165) is 50.6 Å². The fourth-order valence-corrected chi connectivity index (χ4v) is 4.83. The SMILES string of the molecule is ONNCCC#C[C@@H]1CC[C@@H](CN2CCN([C@H](c3ccccc3)c3ccc(Cl)cc3)CC2)O1. The topological polar surface area (TPSA) is 60.0 Å². The number of nitrogens with one attached hydrogen (secondary N) is 2. The molecule has 3 atom stereocenters. The Balaban J connectivity index is 1.30. The summed E-state index contributed by atoms with van der Waals surface area (Å²) in [4.78, 5) is 5.10. The largest absolute Gasteiger partial charge is 0.361 e. The summed E-state index contributed by atoms with van der Waals surface area (Å²) in [5.74, 6) is 6.33. The Morgan fingerprint density at radius 1 is 1.00 bits per heavy atom. The van der Waals surface area contributed by atoms with Crippen LogP contribution in [0.15, 0.2) is 54.6 Å². The molecule has 2 aliphatic rings. The van der Waals surface area contributed by atoms with E-state index in [9.17, 15) is 0 Å². The third-order valence-electron chi connectivity index (χ3n) is 6.36. The van der Waals surface area contributed by atoms with E-state index < -0.39 is 0 Å². The van der Waals surface area contributed by atoms with Gasteiger partial charge in [-0.2, -0.15) is 0 Å². The van der Waals surface area contributed by atoms with Gasteiger partial charge in [-0.1, -0.05) is 65.9 Å². The first kappa shape index (κ1) is 24.2. The van der Waals surface area contributed by atoms with Crippen LogP contribution in [0.1, 0.15) is 36.4 Å². The molecule has 176 valence electrons. The molecule has 0 aliphatic carbocycles. The zero-order chi connectivity index (χ0) is 22.9. The lowest BCUT2D eigenvalue weighted by atomic mass is 9.96. The number of hydrogen-bond donors (Lipinski definition) is 3. The molecule has 0 radical (unpaired) electrons. The average Bonchev–Trinajstić information content (AvgIpc) is 3.29. The van der Waals surface area contributed by atoms with Crippen LogP contribution in [-0.4, -0.2) is 66.5 Å². The highest BCUT2D eigenvalue weighted by atomic mass is 35.5. The lowest BCUT2D eigenvalue weighted by Crippen LogP contribution is -2.49. The van der Waals surface area contributed by atoms with Crippen LogP contribution in [0.25, 0.3) is 0 Å². The minimum atomic E-state index is 0.0331. The first-order valence-electron chi connectivity index (χ1n) is 11.8. The van der Waals surface area contributed by atoms with Gasteiger partial charge in [-0.05, 0) is 36.1 Å². The monoisotopic (exact) mass is 468 g/mol. The zero-order valence-corrected chi connectivity index (χ0v) is 19.7. The summed E-state index contributed by atoms with van der Waals surface area (Å²) < 4.78 is 6.17. The predicted octanol–water partition coefficient (Wildman–Crippen LogP) is 3.47. The van der Waals surface area contributed by atoms with Crippen molar-refractivity contribution >= 4 is 11.6 Å². The summed E-state index contributed by atoms with van der Waals surface area (Å²) in [6.07, 6.45) is 3.03. The van der Waals surface area contributed by atoms with Crippen molar-refractivity contribution in [2.75, 3.05) is 39.3 Å². The van der Waals surface area contributed by atoms with Gasteiger partial charge in [0.1, 0.15) is 6.10 Å². The van der Waals surface area contributed by atoms with Crippen molar-refractivity contribution in [1.29, 1.82) is 0 Å². The van der Waals surface area contributed by atoms with Gasteiger partial charge in [0.25, 0.3) is 0 Å². The standard InChI is InChI=1S/C26H33ClN4O2/c27-23-11-9-22(10-12-23)26(21-6-2-1-3-7-21)31-18-16-30(17-19-31)20-25-14-13-24(33-25)8-4-5-15-28-29-32/h1-3,6-7,9-12,24-26,28-29,32H,5,13-20H2/t24-,25+,26-/m1/s1. The van der Waals surface area contributed by atoms with Gasteiger partial charge in [-0.3, -0.25) is 9.80 Å². The highest BCUT2D eigenvalue weighted by molar-refractivity contribution is 6.30. The maximum atomic E-state index is 8.49. The Hall–Kier alpha value is -1.95. The van der Waals surface area contributed by atoms with E-state index in [2.05, 4.69) is 69.5 Å². The molecule has 4 rings (SSSR count). The highest BCUT2D eigenvalue weighted by Crippen LogP contribution is 2.30. The van der Waals surface area contributed by atoms with Crippen LogP contribution in [0, 0.1) is 11.8 Å². The fraction of sp³-hybridized carbons (Fsp3) is 0.462. The van der Waals surface area contributed by atoms with Crippen molar-refractivity contribution in [3.63, 3.8) is 0 Å². The van der Waals surface area contributed by atoms with Gasteiger partial charge in [0, 0.05) is 50.7 Å². The van der Waals surface area contributed by atoms with Gasteiger partial charge in [-0.15, -0.1) is 5.59 Å². The summed E-state index contributed by atoms with van der Waals surface area (Å²) in [5.41, 5.74) is 7.13. The van der Waals surface area contributed by atoms with Gasteiger partial charge in [0.05, 0.1) is 12.1 Å². The third-order valence-corrected chi connectivity index (χ3v) is 6.61. The molecule has 0 amide bonds. The number of hydrazine groups is 1. The average molecular weight is 469 g/mol. The predicted molar refractivity (Wildman–Crippen MR) is 131 cm³/mol. The van der Waals surface area contributed by atoms with Crippen LogP contribution >= 0.6 is 11.6 Å². The van der Waals surface area contributed by atoms with E-state index >= 15 is 0 Å². The van der Waals surface area contributed by atoms with E-state index in [4.69, 9.17) is 21.5 Å². The molecule has 2 heterocycles. The summed E-state index contributed by atoms with van der Waals surface area (Å²) in [7, 11) is 0. The second-order valence-corrected chi connectivity index (χ2v) is 9.07. The number of rotatable bonds is 8. The second-order valence-electron chi connectivity index (χ2n) is 8.64. The number of halogens is 1. The molecule has 2 aromatic rings. The van der Waals surface area contributed by atoms with E-state index in [1.54, 1.807) is 0 Å². The summed E-state index contributed by atoms with van der Waals surface area (Å²) in [6.45, 7) is 5.68. The first-order chi connectivity index (χ1) is 16.2. The summed E-state index contributed by atoms with van der Waals surface area (Å²) in [5, 5.41) is 9.27. The maximum absolute atomic E-state index is 8.49. The molecule has 2 fully saturated rings. The molecule has 0 saturated carbocycles. The second kappa shape index (κ2) is 12.5. The van der Waals surface area contributed by atoms with E-state index in [-0.39, 0.29) is 18.2 Å². The normalized spacial score (nSPS) is 22.6. The van der Waals surface area contributed by atoms with Crippen LogP contribution in [0.5, 0.6) is 0 Å². The molecule has 33 heavy (non-hydrogen) atoms. The van der Waals surface area contributed by atoms with E-state index in [0.29, 0.717) is 13.0 Å². The van der Waals surface area contributed by atoms with Crippen molar-refractivity contribution in [2.45, 2.75) is 37.5 Å². The van der Waals surface area contributed by atoms with E-state index in [1.165, 1.54) is 11.1 Å². The molecule has 2 aliphatic heterocycles. The molecule has 0 unspecified atom stereocenters. The molecule has 2 saturated heterocycles. The minimum absolute atomic E-state index is 0.0331. The molecule has 0 bridgehead atoms. The summed E-state index contributed by atoms with van der Waals surface area (Å²) in [6, 6.07) is 19.3. The van der Waals surface area contributed by atoms with Crippen LogP contribution < -0.4 is 11.0 Å². The smallest absolute Gasteiger partial charge is 0.118 e. The first-order valence-corrected chi connectivity index (χ1v) is 12.1. The zero-order valence-electron chi connectivity index (χ0n) is 18.9. The van der Waals surface area contributed by atoms with Crippen LogP contribution in [0.3, 0.4) is 0 Å². The van der Waals surface area contributed by atoms with Crippen molar-refractivity contribution in [3.8, 4) is 11.8 Å². The van der Waals surface area contributed by atoms with Gasteiger partial charge in [0.15, 0.2) is 0 Å². The number of ether oxygens (including phenoxy) is 1. The van der Waals surface area contributed by atoms with E-state index in [1.807, 2.05) is 17.7 Å². The minimum Gasteiger partial charge on any atom is -0.361 e. The molecule has 3 N–H and O–H groups in total. The highest BCUT2D eigenvalue weighted by Gasteiger charge is 2.30. The van der Waals surface area contributed by atoms with Crippen molar-refractivity contribution < 1.29 is 9.94 Å². The number of nitrogens with zero attached hydrogens (tertiary/aromatic N) is 2. The van der Waals surface area contributed by atoms with Crippen molar-refractivity contribution in [3.05, 3.63) is 70.7 Å². The third kappa shape index (κ3) is 7.02. The molecule has 7 heteroatoms. The van der Waals surface area contributed by atoms with Crippen LogP contribution in [0.2, 0.25) is 5.02 Å². The molecule has 6 nitrogen and oxygen atoms in total. The van der Waals surface area contributed by atoms with Gasteiger partial charge < -0.3 is 9.94 Å².